The number of ketones is 1. The van der Waals surface area contributed by atoms with Crippen LogP contribution in [-0.2, 0) is 66.4 Å². The molecular formula is C105H113Cl2N19O16S4. The molecule has 10 aromatic carbocycles. The number of hydrogen-bond donors (Lipinski definition) is 0. The lowest BCUT2D eigenvalue weighted by molar-refractivity contribution is 0.100. The van der Waals surface area contributed by atoms with E-state index in [2.05, 4.69) is 132 Å². The molecule has 0 aliphatic carbocycles. The van der Waals surface area contributed by atoms with Crippen LogP contribution in [0.25, 0.3) is 43.0 Å². The van der Waals surface area contributed by atoms with Crippen molar-refractivity contribution in [2.45, 2.75) is 191 Å². The van der Waals surface area contributed by atoms with Crippen molar-refractivity contribution in [1.82, 2.24) is 75.0 Å². The molecule has 0 unspecified atom stereocenters. The van der Waals surface area contributed by atoms with Gasteiger partial charge in [-0.05, 0) is 202 Å². The number of carbonyl (C=O) groups excluding carboxylic acids is 1. The van der Waals surface area contributed by atoms with Crippen LogP contribution in [0.2, 0.25) is 10.0 Å². The first-order valence-corrected chi connectivity index (χ1v) is 51.7. The predicted molar refractivity (Wildman–Crippen MR) is 557 cm³/mol. The number of sulfone groups is 4. The van der Waals surface area contributed by atoms with Crippen molar-refractivity contribution < 1.29 is 71.6 Å². The van der Waals surface area contributed by atoms with Crippen molar-refractivity contribution in [3.63, 3.8) is 0 Å². The molecule has 35 nitrogen and oxygen atoms in total. The lowest BCUT2D eigenvalue weighted by Crippen LogP contribution is -2.14. The third-order valence-corrected chi connectivity index (χ3v) is 30.3. The van der Waals surface area contributed by atoms with E-state index < -0.39 is 60.2 Å². The molecule has 0 atom stereocenters. The van der Waals surface area contributed by atoms with E-state index in [0.717, 1.165) is 60.1 Å². The van der Waals surface area contributed by atoms with Crippen molar-refractivity contribution in [2.75, 3.05) is 61.7 Å². The largest absolute Gasteiger partial charge is 0.497 e. The lowest BCUT2D eigenvalue weighted by Gasteiger charge is -2.22. The highest BCUT2D eigenvalue weighted by Crippen LogP contribution is 2.43. The van der Waals surface area contributed by atoms with Gasteiger partial charge in [0.25, 0.3) is 17.5 Å². The Morgan fingerprint density at radius 3 is 0.870 bits per heavy atom. The van der Waals surface area contributed by atoms with Gasteiger partial charge < -0.3 is 52.6 Å². The zero-order valence-corrected chi connectivity index (χ0v) is 90.4. The minimum Gasteiger partial charge on any atom is -0.497 e. The summed E-state index contributed by atoms with van der Waals surface area (Å²) >= 11 is 12.2. The van der Waals surface area contributed by atoms with Crippen molar-refractivity contribution in [1.29, 1.82) is 0 Å². The zero-order chi connectivity index (χ0) is 108. The summed E-state index contributed by atoms with van der Waals surface area (Å²) in [5.41, 5.74) is 9.88. The van der Waals surface area contributed by atoms with Gasteiger partial charge in [-0.1, -0.05) is 224 Å². The molecule has 0 spiro atoms. The normalized spacial score (nSPS) is 11.8. The average Bonchev–Trinajstić information content (AvgIpc) is 1.62. The van der Waals surface area contributed by atoms with Crippen molar-refractivity contribution in [2.24, 2.45) is 0 Å². The lowest BCUT2D eigenvalue weighted by atomic mass is 9.87. The average molecular weight is 2100 g/mol. The Kier molecular flexibility index (Phi) is 34.0. The van der Waals surface area contributed by atoms with Gasteiger partial charge in [-0.15, -0.1) is 39.5 Å². The maximum absolute atomic E-state index is 13.3. The van der Waals surface area contributed by atoms with Crippen LogP contribution in [0, 0.1) is 33.6 Å². The van der Waals surface area contributed by atoms with Gasteiger partial charge in [0, 0.05) is 63.5 Å². The maximum atomic E-state index is 13.3. The molecule has 15 rings (SSSR count). The second kappa shape index (κ2) is 44.6. The number of ether oxygens (including phenoxy) is 7. The number of carbonyl (C=O) groups is 1. The molecular weight excluding hydrogens is 1980 g/mol. The third kappa shape index (κ3) is 24.2. The molecule has 0 amide bonds. The first-order valence-electron chi connectivity index (χ1n) is 45.0. The molecule has 0 fully saturated rings. The van der Waals surface area contributed by atoms with Crippen molar-refractivity contribution in [3.05, 3.63) is 301 Å². The molecule has 5 aromatic heterocycles. The minimum absolute atomic E-state index is 0.0349. The van der Waals surface area contributed by atoms with Gasteiger partial charge in [-0.3, -0.25) is 4.79 Å². The number of aromatic nitrogens is 15. The van der Waals surface area contributed by atoms with Crippen LogP contribution in [0.1, 0.15) is 160 Å². The van der Waals surface area contributed by atoms with Gasteiger partial charge in [-0.25, -0.2) is 43.0 Å². The number of aryl methyl sites for hydroxylation is 1. The highest BCUT2D eigenvalue weighted by molar-refractivity contribution is 7.92. The Morgan fingerprint density at radius 1 is 0.322 bits per heavy atom. The van der Waals surface area contributed by atoms with Crippen LogP contribution < -0.4 is 38.1 Å². The standard InChI is InChI=1S/C22H25N3O5S.C21H25ClN4O.C21H22N4O4S.C21H22N4O3S.C20H19ClN4O3S/c1-14(26)20-21(31(27,28)17-10-7-15(8-11-17)22(2,3)4)23-24-25(20)18-13-16(29-5)9-12-19(18)30-6;1-14-20(25(5)17-10-7-15(8-11-17)21(2,3)4)23-24-26(14)18-13-16(22)9-12-19(18)27-6;1-21(2,3)14-7-10-16(11-8-14)30(26,27)20-19(22-4)25(24-23-20)17-13-15(28-5)9-12-18(17)29-6;1-14-7-12-18(28-6)17(13-14)25-19(22-5)20(23-24-25)29(26,27)16-10-8-15(9-11-16)21(2,3)4;1-20(2,3)13-6-9-15(10-7-13)29(26,27)19-18(22-4)25(24-23-19)16-12-14(21)8-11-17(16)28-5/h7-13H,1-6H3;7-13H,1-6H3;7-13H,1-3,5-6H3;7-13H,1-4,6H3;6-12H,1-3,5H3. The molecule has 41 heteroatoms. The summed E-state index contributed by atoms with van der Waals surface area (Å²) in [5.74, 6) is 2.90. The summed E-state index contributed by atoms with van der Waals surface area (Å²) in [6.45, 7) is 58.9. The molecule has 15 aromatic rings. The van der Waals surface area contributed by atoms with E-state index >= 15 is 0 Å². The number of Topliss-reactive ketones (excluding diaryl/α,β-unsaturated/α-hetero) is 1. The number of methoxy groups -OCH3 is 7. The molecule has 0 bridgehead atoms. The highest BCUT2D eigenvalue weighted by Gasteiger charge is 2.37. The van der Waals surface area contributed by atoms with Gasteiger partial charge in [0.1, 0.15) is 40.1 Å². The molecule has 0 saturated heterocycles. The first kappa shape index (κ1) is 111. The predicted octanol–water partition coefficient (Wildman–Crippen LogP) is 21.8. The molecule has 0 saturated carbocycles. The number of hydrogen-bond acceptors (Lipinski definition) is 27. The fourth-order valence-corrected chi connectivity index (χ4v) is 20.1. The van der Waals surface area contributed by atoms with Crippen LogP contribution >= 0.6 is 23.2 Å². The van der Waals surface area contributed by atoms with Crippen LogP contribution in [0.5, 0.6) is 40.2 Å². The monoisotopic (exact) mass is 2090 g/mol. The second-order valence-electron chi connectivity index (χ2n) is 38.2. The number of halogens is 2. The Bertz CT molecular complexity index is 7760. The summed E-state index contributed by atoms with van der Waals surface area (Å²) in [7, 11) is -3.69. The first-order chi connectivity index (χ1) is 68.5. The fraction of sp³-hybridized carbons (Fsp3) is 0.295. The van der Waals surface area contributed by atoms with Crippen LogP contribution in [0.3, 0.4) is 0 Å². The zero-order valence-electron chi connectivity index (χ0n) is 85.6. The summed E-state index contributed by atoms with van der Waals surface area (Å²) < 4.78 is 149. The summed E-state index contributed by atoms with van der Waals surface area (Å²) in [5, 5.41) is 39.2. The number of rotatable bonds is 23. The minimum atomic E-state index is -4.09. The van der Waals surface area contributed by atoms with E-state index in [4.69, 9.17) is 76.1 Å². The Balaban J connectivity index is 0.000000174. The summed E-state index contributed by atoms with van der Waals surface area (Å²) in [4.78, 5) is 24.9. The Morgan fingerprint density at radius 2 is 0.575 bits per heavy atom. The Hall–Kier alpha value is -15.2. The van der Waals surface area contributed by atoms with Gasteiger partial charge in [-0.2, -0.15) is 0 Å². The second-order valence-corrected chi connectivity index (χ2v) is 46.5. The molecule has 0 aliphatic heterocycles. The van der Waals surface area contributed by atoms with Crippen LogP contribution in [-0.4, -0.2) is 171 Å². The smallest absolute Gasteiger partial charge is 0.297 e. The highest BCUT2D eigenvalue weighted by atomic mass is 35.5. The maximum Gasteiger partial charge on any atom is 0.297 e. The van der Waals surface area contributed by atoms with E-state index in [1.54, 1.807) is 127 Å². The molecule has 146 heavy (non-hydrogen) atoms. The molecule has 0 radical (unpaired) electrons. The van der Waals surface area contributed by atoms with Crippen LogP contribution in [0.15, 0.2) is 252 Å². The van der Waals surface area contributed by atoms with Gasteiger partial charge in [0.15, 0.2) is 45.9 Å². The molecule has 762 valence electrons. The number of benzene rings is 10. The van der Waals surface area contributed by atoms with E-state index in [9.17, 15) is 38.5 Å². The quantitative estimate of drug-likeness (QED) is 0.0424. The topological polar surface area (TPSA) is 388 Å². The van der Waals surface area contributed by atoms with E-state index in [-0.39, 0.29) is 74.8 Å². The van der Waals surface area contributed by atoms with Gasteiger partial charge in [0.05, 0.1) is 75.0 Å². The van der Waals surface area contributed by atoms with E-state index in [1.807, 2.05) is 106 Å². The SMILES string of the molecule is COc1ccc(Cl)cc1-n1nnc(N(C)c2ccc(C(C)(C)C)cc2)c1C.COc1ccc(OC)c(-n2nnc(S(=O)(=O)c3ccc(C(C)(C)C)cc3)c2C(C)=O)c1.[C-]#[N+]c1c(S(=O)(=O)c2ccc(C(C)(C)C)cc2)nnn1-c1cc(C)ccc1OC.[C-]#[N+]c1c(S(=O)(=O)c2ccc(C(C)(C)C)cc2)nnn1-c1cc(Cl)ccc1OC.[C-]#[N+]c1c(S(=O)(=O)c2ccc(C(C)(C)C)cc2)nnn1-c1cc(OC)ccc1OC. The van der Waals surface area contributed by atoms with E-state index in [1.165, 1.54) is 119 Å². The Labute approximate surface area is 861 Å². The van der Waals surface area contributed by atoms with Crippen molar-refractivity contribution >= 4 is 97.3 Å². The fourth-order valence-electron chi connectivity index (χ4n) is 14.7. The third-order valence-electron chi connectivity index (χ3n) is 23.1. The van der Waals surface area contributed by atoms with Crippen LogP contribution in [0.4, 0.5) is 29.0 Å². The molecule has 0 aliphatic rings. The van der Waals surface area contributed by atoms with Gasteiger partial charge in [0.2, 0.25) is 59.5 Å². The molecule has 5 heterocycles. The van der Waals surface area contributed by atoms with E-state index in [0.29, 0.717) is 73.0 Å². The molecule has 0 N–H and O–H groups in total. The van der Waals surface area contributed by atoms with Crippen molar-refractivity contribution in [3.8, 4) is 68.7 Å². The van der Waals surface area contributed by atoms with Gasteiger partial charge >= 0.3 is 0 Å². The number of anilines is 2. The summed E-state index contributed by atoms with van der Waals surface area (Å²) in [6, 6.07) is 60.2. The summed E-state index contributed by atoms with van der Waals surface area (Å²) in [6.07, 6.45) is 0. The number of nitrogens with zero attached hydrogens (tertiary/aromatic N) is 19.